The van der Waals surface area contributed by atoms with Gasteiger partial charge in [0.15, 0.2) is 0 Å². The molecule has 156 valence electrons. The largest absolute Gasteiger partial charge is 0.481 e. The van der Waals surface area contributed by atoms with Gasteiger partial charge in [-0.15, -0.1) is 0 Å². The summed E-state index contributed by atoms with van der Waals surface area (Å²) in [7, 11) is 0. The number of ether oxygens (including phenoxy) is 1. The Morgan fingerprint density at radius 1 is 1.00 bits per heavy atom. The van der Waals surface area contributed by atoms with Gasteiger partial charge in [0.2, 0.25) is 5.71 Å². The van der Waals surface area contributed by atoms with Crippen molar-refractivity contribution in [2.75, 3.05) is 6.61 Å². The number of carboxylic acids is 1. The summed E-state index contributed by atoms with van der Waals surface area (Å²) in [4.78, 5) is 10.9. The van der Waals surface area contributed by atoms with Gasteiger partial charge in [0.25, 0.3) is 0 Å². The second-order valence-corrected chi connectivity index (χ2v) is 7.18. The van der Waals surface area contributed by atoms with Crippen LogP contribution in [0.2, 0.25) is 0 Å². The van der Waals surface area contributed by atoms with E-state index in [1.165, 1.54) is 12.1 Å². The quantitative estimate of drug-likeness (QED) is 0.459. The lowest BCUT2D eigenvalue weighted by Gasteiger charge is -2.05. The van der Waals surface area contributed by atoms with Crippen LogP contribution in [0.5, 0.6) is 5.75 Å². The Labute approximate surface area is 180 Å². The third-order valence-electron chi connectivity index (χ3n) is 4.78. The van der Waals surface area contributed by atoms with Crippen LogP contribution in [0, 0.1) is 23.6 Å². The molecule has 3 rings (SSSR count). The number of rotatable bonds is 7. The average molecular weight is 416 g/mol. The fraction of sp³-hybridized carbons (Fsp3) is 0.154. The Morgan fingerprint density at radius 2 is 1.58 bits per heavy atom. The van der Waals surface area contributed by atoms with Crippen molar-refractivity contribution in [3.05, 3.63) is 101 Å². The zero-order valence-electron chi connectivity index (χ0n) is 17.1. The lowest BCUT2D eigenvalue weighted by atomic mass is 10.0. The number of nitrogens with two attached hydrogens (primary N) is 1. The first-order valence-corrected chi connectivity index (χ1v) is 9.84. The molecule has 0 aliphatic heterocycles. The maximum Gasteiger partial charge on any atom is 0.306 e. The first-order chi connectivity index (χ1) is 14.9. The number of carbonyl (C=O) groups is 1. The Morgan fingerprint density at radius 3 is 2.16 bits per heavy atom. The molecule has 31 heavy (non-hydrogen) atoms. The maximum absolute atomic E-state index is 13.1. The average Bonchev–Trinajstić information content (AvgIpc) is 2.78. The molecular formula is C26H23FNO3+. The highest BCUT2D eigenvalue weighted by Crippen LogP contribution is 2.15. The normalized spacial score (nSPS) is 11.2. The van der Waals surface area contributed by atoms with E-state index >= 15 is 0 Å². The monoisotopic (exact) mass is 416 g/mol. The molecule has 0 aliphatic carbocycles. The lowest BCUT2D eigenvalue weighted by Crippen LogP contribution is -2.40. The second-order valence-electron chi connectivity index (χ2n) is 7.18. The Bertz CT molecular complexity index is 1110. The summed E-state index contributed by atoms with van der Waals surface area (Å²) in [5, 5.41) is 15.1. The molecule has 0 aromatic heterocycles. The van der Waals surface area contributed by atoms with Crippen LogP contribution < -0.4 is 10.1 Å². The van der Waals surface area contributed by atoms with Crippen LogP contribution in [0.3, 0.4) is 0 Å². The molecule has 0 unspecified atom stereocenters. The van der Waals surface area contributed by atoms with Crippen LogP contribution in [-0.2, 0) is 11.2 Å². The summed E-state index contributed by atoms with van der Waals surface area (Å²) in [6, 6.07) is 20.9. The minimum atomic E-state index is -0.801. The lowest BCUT2D eigenvalue weighted by molar-refractivity contribution is -0.141. The first kappa shape index (κ1) is 21.8. The summed E-state index contributed by atoms with van der Waals surface area (Å²) in [5.74, 6) is 5.14. The molecule has 1 atom stereocenters. The molecule has 0 fully saturated rings. The Balaban J connectivity index is 1.52. The molecule has 4 nitrogen and oxygen atoms in total. The molecule has 0 saturated carbocycles. The molecular weight excluding hydrogens is 393 g/mol. The fourth-order valence-corrected chi connectivity index (χ4v) is 2.95. The number of hydrogen-bond acceptors (Lipinski definition) is 2. The zero-order valence-corrected chi connectivity index (χ0v) is 17.1. The smallest absolute Gasteiger partial charge is 0.306 e. The molecule has 0 spiro atoms. The van der Waals surface area contributed by atoms with Crippen LogP contribution in [0.25, 0.3) is 0 Å². The van der Waals surface area contributed by atoms with Crippen molar-refractivity contribution in [1.29, 1.82) is 0 Å². The van der Waals surface area contributed by atoms with Crippen LogP contribution in [-0.4, -0.2) is 23.4 Å². The van der Waals surface area contributed by atoms with Gasteiger partial charge >= 0.3 is 5.97 Å². The zero-order chi connectivity index (χ0) is 22.2. The molecule has 0 bridgehead atoms. The van der Waals surface area contributed by atoms with Crippen LogP contribution in [0.1, 0.15) is 29.2 Å². The SMILES string of the molecule is C[C@@H](Cc1ccc(C#CCOc2ccc(C(=[NH2+])c3ccc(F)cc3)cc2)cc1)C(=O)O. The van der Waals surface area contributed by atoms with Crippen molar-refractivity contribution in [3.63, 3.8) is 0 Å². The molecule has 3 aromatic carbocycles. The van der Waals surface area contributed by atoms with Gasteiger partial charge in [0, 0.05) is 16.7 Å². The third kappa shape index (κ3) is 6.28. The molecule has 0 radical (unpaired) electrons. The van der Waals surface area contributed by atoms with Gasteiger partial charge < -0.3 is 9.84 Å². The summed E-state index contributed by atoms with van der Waals surface area (Å²) >= 11 is 0. The highest BCUT2D eigenvalue weighted by Gasteiger charge is 2.11. The molecule has 0 aliphatic rings. The van der Waals surface area contributed by atoms with Gasteiger partial charge in [0.1, 0.15) is 18.2 Å². The predicted octanol–water partition coefficient (Wildman–Crippen LogP) is 3.12. The van der Waals surface area contributed by atoms with E-state index in [1.54, 1.807) is 19.1 Å². The Hall–Kier alpha value is -3.91. The number of benzene rings is 3. The van der Waals surface area contributed by atoms with Gasteiger partial charge in [-0.25, -0.2) is 4.39 Å². The summed E-state index contributed by atoms with van der Waals surface area (Å²) in [5.41, 5.74) is 3.94. The van der Waals surface area contributed by atoms with E-state index in [1.807, 2.05) is 48.5 Å². The summed E-state index contributed by atoms with van der Waals surface area (Å²) in [6.45, 7) is 1.92. The van der Waals surface area contributed by atoms with Crippen LogP contribution in [0.4, 0.5) is 4.39 Å². The number of aliphatic carboxylic acids is 1. The van der Waals surface area contributed by atoms with E-state index in [9.17, 15) is 9.18 Å². The molecule has 3 aromatic rings. The van der Waals surface area contributed by atoms with Crippen LogP contribution in [0.15, 0.2) is 72.8 Å². The number of halogens is 1. The topological polar surface area (TPSA) is 72.1 Å². The summed E-state index contributed by atoms with van der Waals surface area (Å²) < 4.78 is 18.7. The maximum atomic E-state index is 13.1. The molecule has 0 amide bonds. The van der Waals surface area contributed by atoms with Crippen molar-refractivity contribution in [2.45, 2.75) is 13.3 Å². The minimum absolute atomic E-state index is 0.230. The van der Waals surface area contributed by atoms with Gasteiger partial charge in [-0.1, -0.05) is 30.9 Å². The van der Waals surface area contributed by atoms with Gasteiger partial charge in [-0.2, -0.15) is 0 Å². The number of carboxylic acid groups (broad SMARTS) is 1. The highest BCUT2D eigenvalue weighted by molar-refractivity contribution is 6.08. The first-order valence-electron chi connectivity index (χ1n) is 9.84. The van der Waals surface area contributed by atoms with Crippen molar-refractivity contribution < 1.29 is 24.4 Å². The highest BCUT2D eigenvalue weighted by atomic mass is 19.1. The minimum Gasteiger partial charge on any atom is -0.481 e. The van der Waals surface area contributed by atoms with E-state index in [-0.39, 0.29) is 12.4 Å². The molecule has 3 N–H and O–H groups in total. The summed E-state index contributed by atoms with van der Waals surface area (Å²) in [6.07, 6.45) is 0.491. The molecule has 0 saturated heterocycles. The van der Waals surface area contributed by atoms with Crippen molar-refractivity contribution in [2.24, 2.45) is 5.92 Å². The standard InChI is InChI=1S/C26H22FNO3/c1-18(26(29)30)17-20-6-4-19(5-7-20)3-2-16-31-24-14-10-22(11-15-24)25(28)21-8-12-23(27)13-9-21/h4-15,18,28H,16-17H2,1H3,(H,29,30)/p+1/t18-/m0/s1. The van der Waals surface area contributed by atoms with E-state index in [0.717, 1.165) is 22.3 Å². The van der Waals surface area contributed by atoms with Gasteiger partial charge in [-0.05, 0) is 72.6 Å². The van der Waals surface area contributed by atoms with Crippen LogP contribution >= 0.6 is 0 Å². The van der Waals surface area contributed by atoms with E-state index in [2.05, 4.69) is 11.8 Å². The fourth-order valence-electron chi connectivity index (χ4n) is 2.95. The van der Waals surface area contributed by atoms with Gasteiger partial charge in [-0.3, -0.25) is 10.2 Å². The van der Waals surface area contributed by atoms with Crippen molar-refractivity contribution in [1.82, 2.24) is 0 Å². The molecule has 5 heteroatoms. The van der Waals surface area contributed by atoms with E-state index < -0.39 is 11.9 Å². The second kappa shape index (κ2) is 10.2. The third-order valence-corrected chi connectivity index (χ3v) is 4.78. The van der Waals surface area contributed by atoms with Crippen molar-refractivity contribution in [3.8, 4) is 17.6 Å². The number of hydrogen-bond donors (Lipinski definition) is 2. The van der Waals surface area contributed by atoms with E-state index in [0.29, 0.717) is 17.9 Å². The van der Waals surface area contributed by atoms with E-state index in [4.69, 9.17) is 15.3 Å². The predicted molar refractivity (Wildman–Crippen MR) is 117 cm³/mol. The van der Waals surface area contributed by atoms with Crippen molar-refractivity contribution >= 4 is 11.7 Å². The Kier molecular flexibility index (Phi) is 7.18. The molecule has 0 heterocycles. The van der Waals surface area contributed by atoms with Gasteiger partial charge in [0.05, 0.1) is 5.92 Å².